The molecule has 0 spiro atoms. The number of carbonyl (C=O) groups excluding carboxylic acids is 1. The Bertz CT molecular complexity index is 661. The molecule has 122 valence electrons. The van der Waals surface area contributed by atoms with Crippen LogP contribution in [0.1, 0.15) is 30.0 Å². The molecular weight excluding hydrogens is 297 g/mol. The molecule has 0 unspecified atom stereocenters. The molecule has 1 N–H and O–H groups in total. The van der Waals surface area contributed by atoms with Gasteiger partial charge in [0.05, 0.1) is 6.20 Å². The SMILES string of the molecule is Cc1cn[nH]c1C1CCN(C(=O)COc2ccc(F)cc2)CC1. The van der Waals surface area contributed by atoms with E-state index in [1.54, 1.807) is 0 Å². The highest BCUT2D eigenvalue weighted by molar-refractivity contribution is 5.77. The van der Waals surface area contributed by atoms with Gasteiger partial charge in [0.2, 0.25) is 0 Å². The number of nitrogens with zero attached hydrogens (tertiary/aromatic N) is 2. The summed E-state index contributed by atoms with van der Waals surface area (Å²) in [5.41, 5.74) is 2.36. The van der Waals surface area contributed by atoms with E-state index < -0.39 is 0 Å². The Morgan fingerprint density at radius 1 is 1.35 bits per heavy atom. The summed E-state index contributed by atoms with van der Waals surface area (Å²) in [4.78, 5) is 14.0. The fourth-order valence-corrected chi connectivity index (χ4v) is 2.95. The van der Waals surface area contributed by atoms with Gasteiger partial charge in [-0.3, -0.25) is 9.89 Å². The molecule has 2 aromatic rings. The van der Waals surface area contributed by atoms with Crippen molar-refractivity contribution in [2.75, 3.05) is 19.7 Å². The third-order valence-electron chi connectivity index (χ3n) is 4.30. The van der Waals surface area contributed by atoms with E-state index >= 15 is 0 Å². The van der Waals surface area contributed by atoms with E-state index in [4.69, 9.17) is 4.74 Å². The average molecular weight is 317 g/mol. The van der Waals surface area contributed by atoms with Crippen molar-refractivity contribution in [2.45, 2.75) is 25.7 Å². The largest absolute Gasteiger partial charge is 0.484 e. The van der Waals surface area contributed by atoms with Gasteiger partial charge in [-0.25, -0.2) is 4.39 Å². The van der Waals surface area contributed by atoms with E-state index in [1.165, 1.54) is 35.5 Å². The van der Waals surface area contributed by atoms with Gasteiger partial charge in [0.25, 0.3) is 5.91 Å². The number of piperidine rings is 1. The molecule has 1 amide bonds. The van der Waals surface area contributed by atoms with Gasteiger partial charge < -0.3 is 9.64 Å². The molecule has 6 heteroatoms. The first-order valence-corrected chi connectivity index (χ1v) is 7.79. The van der Waals surface area contributed by atoms with Gasteiger partial charge in [-0.1, -0.05) is 0 Å². The van der Waals surface area contributed by atoms with Crippen molar-refractivity contribution in [3.8, 4) is 5.75 Å². The van der Waals surface area contributed by atoms with Gasteiger partial charge in [-0.05, 0) is 49.6 Å². The van der Waals surface area contributed by atoms with Crippen LogP contribution in [0.2, 0.25) is 0 Å². The molecule has 2 heterocycles. The third-order valence-corrected chi connectivity index (χ3v) is 4.30. The predicted molar refractivity (Wildman–Crippen MR) is 83.8 cm³/mol. The molecule has 0 aliphatic carbocycles. The molecule has 0 saturated carbocycles. The number of halogens is 1. The Labute approximate surface area is 134 Å². The van der Waals surface area contributed by atoms with Gasteiger partial charge in [0.15, 0.2) is 6.61 Å². The normalized spacial score (nSPS) is 15.7. The van der Waals surface area contributed by atoms with Crippen molar-refractivity contribution in [1.82, 2.24) is 15.1 Å². The van der Waals surface area contributed by atoms with Gasteiger partial charge in [-0.2, -0.15) is 5.10 Å². The molecule has 0 radical (unpaired) electrons. The fourth-order valence-electron chi connectivity index (χ4n) is 2.95. The Balaban J connectivity index is 1.48. The van der Waals surface area contributed by atoms with Crippen molar-refractivity contribution < 1.29 is 13.9 Å². The average Bonchev–Trinajstić information content (AvgIpc) is 3.00. The number of rotatable bonds is 4. The molecule has 1 saturated heterocycles. The standard InChI is InChI=1S/C17H20FN3O2/c1-12-10-19-20-17(12)13-6-8-21(9-7-13)16(22)11-23-15-4-2-14(18)3-5-15/h2-5,10,13H,6-9,11H2,1H3,(H,19,20). The first kappa shape index (κ1) is 15.5. The van der Waals surface area contributed by atoms with E-state index in [0.717, 1.165) is 25.9 Å². The lowest BCUT2D eigenvalue weighted by atomic mass is 9.92. The molecule has 1 aromatic heterocycles. The maximum atomic E-state index is 12.8. The van der Waals surface area contributed by atoms with Crippen LogP contribution >= 0.6 is 0 Å². The number of aromatic amines is 1. The smallest absolute Gasteiger partial charge is 0.260 e. The second kappa shape index (κ2) is 6.81. The number of aryl methyl sites for hydroxylation is 1. The second-order valence-corrected chi connectivity index (χ2v) is 5.86. The highest BCUT2D eigenvalue weighted by Gasteiger charge is 2.25. The van der Waals surface area contributed by atoms with Gasteiger partial charge in [0.1, 0.15) is 11.6 Å². The number of H-pyrrole nitrogens is 1. The van der Waals surface area contributed by atoms with Crippen LogP contribution in [0.3, 0.4) is 0 Å². The number of nitrogens with one attached hydrogen (secondary N) is 1. The molecule has 0 bridgehead atoms. The minimum Gasteiger partial charge on any atom is -0.484 e. The Hall–Kier alpha value is -2.37. The maximum Gasteiger partial charge on any atom is 0.260 e. The lowest BCUT2D eigenvalue weighted by Gasteiger charge is -2.31. The van der Waals surface area contributed by atoms with E-state index in [9.17, 15) is 9.18 Å². The minimum atomic E-state index is -0.320. The summed E-state index contributed by atoms with van der Waals surface area (Å²) in [5, 5.41) is 7.13. The van der Waals surface area contributed by atoms with Crippen molar-refractivity contribution in [3.05, 3.63) is 47.5 Å². The quantitative estimate of drug-likeness (QED) is 0.943. The van der Waals surface area contributed by atoms with Crippen molar-refractivity contribution >= 4 is 5.91 Å². The molecule has 5 nitrogen and oxygen atoms in total. The van der Waals surface area contributed by atoms with Crippen LogP contribution in [0.25, 0.3) is 0 Å². The number of hydrogen-bond donors (Lipinski definition) is 1. The topological polar surface area (TPSA) is 58.2 Å². The number of hydrogen-bond acceptors (Lipinski definition) is 3. The monoisotopic (exact) mass is 317 g/mol. The lowest BCUT2D eigenvalue weighted by Crippen LogP contribution is -2.40. The van der Waals surface area contributed by atoms with Crippen LogP contribution in [0.5, 0.6) is 5.75 Å². The van der Waals surface area contributed by atoms with Gasteiger partial charge in [-0.15, -0.1) is 0 Å². The number of ether oxygens (including phenoxy) is 1. The highest BCUT2D eigenvalue weighted by Crippen LogP contribution is 2.28. The summed E-state index contributed by atoms with van der Waals surface area (Å²) in [6, 6.07) is 5.68. The molecule has 0 atom stereocenters. The van der Waals surface area contributed by atoms with Gasteiger partial charge >= 0.3 is 0 Å². The van der Waals surface area contributed by atoms with Crippen LogP contribution in [0.4, 0.5) is 4.39 Å². The first-order valence-electron chi connectivity index (χ1n) is 7.79. The summed E-state index contributed by atoms with van der Waals surface area (Å²) in [6.07, 6.45) is 3.68. The zero-order valence-corrected chi connectivity index (χ0v) is 13.1. The van der Waals surface area contributed by atoms with Crippen molar-refractivity contribution in [2.24, 2.45) is 0 Å². The van der Waals surface area contributed by atoms with E-state index in [2.05, 4.69) is 10.2 Å². The summed E-state index contributed by atoms with van der Waals surface area (Å²) in [5.74, 6) is 0.580. The van der Waals surface area contributed by atoms with Crippen LogP contribution in [-0.2, 0) is 4.79 Å². The third kappa shape index (κ3) is 3.70. The van der Waals surface area contributed by atoms with Crippen LogP contribution in [0, 0.1) is 12.7 Å². The van der Waals surface area contributed by atoms with E-state index in [1.807, 2.05) is 18.0 Å². The van der Waals surface area contributed by atoms with Crippen LogP contribution in [-0.4, -0.2) is 40.7 Å². The molecule has 1 fully saturated rings. The highest BCUT2D eigenvalue weighted by atomic mass is 19.1. The predicted octanol–water partition coefficient (Wildman–Crippen LogP) is 2.64. The Morgan fingerprint density at radius 3 is 2.65 bits per heavy atom. The van der Waals surface area contributed by atoms with Gasteiger partial charge in [0, 0.05) is 24.7 Å². The minimum absolute atomic E-state index is 0.0145. The maximum absolute atomic E-state index is 12.8. The number of aromatic nitrogens is 2. The molecule has 1 aromatic carbocycles. The molecule has 1 aliphatic heterocycles. The zero-order valence-electron chi connectivity index (χ0n) is 13.1. The van der Waals surface area contributed by atoms with E-state index in [-0.39, 0.29) is 18.3 Å². The molecular formula is C17H20FN3O2. The zero-order chi connectivity index (χ0) is 16.2. The van der Waals surface area contributed by atoms with Crippen molar-refractivity contribution in [1.29, 1.82) is 0 Å². The Kier molecular flexibility index (Phi) is 4.60. The lowest BCUT2D eigenvalue weighted by molar-refractivity contribution is -0.134. The number of carbonyl (C=O) groups is 1. The Morgan fingerprint density at radius 2 is 2.04 bits per heavy atom. The van der Waals surface area contributed by atoms with E-state index in [0.29, 0.717) is 11.7 Å². The molecule has 23 heavy (non-hydrogen) atoms. The van der Waals surface area contributed by atoms with Crippen LogP contribution < -0.4 is 4.74 Å². The second-order valence-electron chi connectivity index (χ2n) is 5.86. The number of benzene rings is 1. The first-order chi connectivity index (χ1) is 11.1. The number of amides is 1. The molecule has 3 rings (SSSR count). The number of likely N-dealkylation sites (tertiary alicyclic amines) is 1. The van der Waals surface area contributed by atoms with Crippen LogP contribution in [0.15, 0.2) is 30.5 Å². The molecule has 1 aliphatic rings. The summed E-state index contributed by atoms with van der Waals surface area (Å²) >= 11 is 0. The summed E-state index contributed by atoms with van der Waals surface area (Å²) in [6.45, 7) is 3.47. The van der Waals surface area contributed by atoms with Crippen molar-refractivity contribution in [3.63, 3.8) is 0 Å². The summed E-state index contributed by atoms with van der Waals surface area (Å²) < 4.78 is 18.2. The summed E-state index contributed by atoms with van der Waals surface area (Å²) in [7, 11) is 0. The fraction of sp³-hybridized carbons (Fsp3) is 0.412.